The lowest BCUT2D eigenvalue weighted by Crippen LogP contribution is -2.03. The minimum absolute atomic E-state index is 0.532. The van der Waals surface area contributed by atoms with Gasteiger partial charge in [0, 0.05) is 0 Å². The highest BCUT2D eigenvalue weighted by atomic mass is 16.5. The van der Waals surface area contributed by atoms with Gasteiger partial charge in [-0.25, -0.2) is 0 Å². The summed E-state index contributed by atoms with van der Waals surface area (Å²) >= 11 is 0. The monoisotopic (exact) mass is 222 g/mol. The summed E-state index contributed by atoms with van der Waals surface area (Å²) in [4.78, 5) is 0. The van der Waals surface area contributed by atoms with E-state index in [-0.39, 0.29) is 0 Å². The summed E-state index contributed by atoms with van der Waals surface area (Å²) in [5.74, 6) is 2.81. The number of rotatable bonds is 5. The van der Waals surface area contributed by atoms with Gasteiger partial charge in [-0.15, -0.1) is 0 Å². The molecule has 1 aromatic rings. The first kappa shape index (κ1) is 12.9. The summed E-state index contributed by atoms with van der Waals surface area (Å²) < 4.78 is 10.8. The maximum absolute atomic E-state index is 5.50. The van der Waals surface area contributed by atoms with E-state index in [9.17, 15) is 0 Å². The summed E-state index contributed by atoms with van der Waals surface area (Å²) in [7, 11) is 1.68. The van der Waals surface area contributed by atoms with Gasteiger partial charge in [-0.05, 0) is 36.5 Å². The van der Waals surface area contributed by atoms with Crippen molar-refractivity contribution in [2.75, 3.05) is 13.7 Å². The number of hydrogen-bond donors (Lipinski definition) is 0. The van der Waals surface area contributed by atoms with Gasteiger partial charge in [-0.2, -0.15) is 0 Å². The Labute approximate surface area is 98.6 Å². The normalized spacial score (nSPS) is 12.6. The maximum Gasteiger partial charge on any atom is 0.161 e. The third kappa shape index (κ3) is 2.91. The minimum Gasteiger partial charge on any atom is -0.493 e. The number of benzene rings is 1. The van der Waals surface area contributed by atoms with Crippen LogP contribution in [0.1, 0.15) is 39.2 Å². The Morgan fingerprint density at radius 3 is 2.31 bits per heavy atom. The van der Waals surface area contributed by atoms with Gasteiger partial charge in [0.15, 0.2) is 11.5 Å². The van der Waals surface area contributed by atoms with Gasteiger partial charge in [0.1, 0.15) is 0 Å². The summed E-state index contributed by atoms with van der Waals surface area (Å²) in [6.07, 6.45) is 0. The van der Waals surface area contributed by atoms with Gasteiger partial charge < -0.3 is 9.47 Å². The molecule has 0 heterocycles. The van der Waals surface area contributed by atoms with Crippen LogP contribution >= 0.6 is 0 Å². The fourth-order valence-electron chi connectivity index (χ4n) is 1.63. The minimum atomic E-state index is 0.532. The molecule has 1 rings (SSSR count). The van der Waals surface area contributed by atoms with Crippen LogP contribution in [0.4, 0.5) is 0 Å². The third-order valence-corrected chi connectivity index (χ3v) is 3.01. The van der Waals surface area contributed by atoms with Crippen molar-refractivity contribution in [3.63, 3.8) is 0 Å². The van der Waals surface area contributed by atoms with Crippen molar-refractivity contribution in [1.82, 2.24) is 0 Å². The van der Waals surface area contributed by atoms with Crippen molar-refractivity contribution in [3.05, 3.63) is 23.8 Å². The van der Waals surface area contributed by atoms with Crippen molar-refractivity contribution in [2.24, 2.45) is 5.92 Å². The second-order valence-corrected chi connectivity index (χ2v) is 4.38. The van der Waals surface area contributed by atoms with E-state index in [1.165, 1.54) is 5.56 Å². The van der Waals surface area contributed by atoms with Crippen LogP contribution in [-0.4, -0.2) is 13.7 Å². The number of methoxy groups -OCH3 is 1. The molecule has 0 amide bonds. The van der Waals surface area contributed by atoms with Crippen molar-refractivity contribution in [1.29, 1.82) is 0 Å². The molecule has 0 spiro atoms. The highest BCUT2D eigenvalue weighted by Crippen LogP contribution is 2.33. The molecule has 0 fully saturated rings. The van der Waals surface area contributed by atoms with Crippen molar-refractivity contribution in [2.45, 2.75) is 33.6 Å². The first-order valence-corrected chi connectivity index (χ1v) is 5.90. The van der Waals surface area contributed by atoms with E-state index < -0.39 is 0 Å². The summed E-state index contributed by atoms with van der Waals surface area (Å²) in [5.41, 5.74) is 1.30. The van der Waals surface area contributed by atoms with E-state index in [1.807, 2.05) is 13.0 Å². The molecule has 1 atom stereocenters. The van der Waals surface area contributed by atoms with Gasteiger partial charge in [-0.1, -0.05) is 26.8 Å². The molecule has 1 aromatic carbocycles. The standard InChI is InChI=1S/C14H22O2/c1-6-16-13-8-7-12(9-14(13)15-5)11(4)10(2)3/h7-11H,6H2,1-5H3. The van der Waals surface area contributed by atoms with Crippen LogP contribution in [0.2, 0.25) is 0 Å². The van der Waals surface area contributed by atoms with Gasteiger partial charge >= 0.3 is 0 Å². The van der Waals surface area contributed by atoms with Crippen LogP contribution in [-0.2, 0) is 0 Å². The first-order chi connectivity index (χ1) is 7.60. The predicted octanol–water partition coefficient (Wildman–Crippen LogP) is 3.85. The third-order valence-electron chi connectivity index (χ3n) is 3.01. The van der Waals surface area contributed by atoms with E-state index in [0.717, 1.165) is 11.5 Å². The van der Waals surface area contributed by atoms with Crippen molar-refractivity contribution >= 4 is 0 Å². The SMILES string of the molecule is CCOc1ccc(C(C)C(C)C)cc1OC. The van der Waals surface area contributed by atoms with Gasteiger partial charge in [0.2, 0.25) is 0 Å². The van der Waals surface area contributed by atoms with Crippen LogP contribution in [0.25, 0.3) is 0 Å². The van der Waals surface area contributed by atoms with E-state index >= 15 is 0 Å². The Morgan fingerprint density at radius 1 is 1.12 bits per heavy atom. The summed E-state index contributed by atoms with van der Waals surface area (Å²) in [6.45, 7) is 9.33. The maximum atomic E-state index is 5.50. The molecule has 0 radical (unpaired) electrons. The fraction of sp³-hybridized carbons (Fsp3) is 0.571. The molecule has 16 heavy (non-hydrogen) atoms. The molecule has 1 unspecified atom stereocenters. The second kappa shape index (κ2) is 5.78. The van der Waals surface area contributed by atoms with Gasteiger partial charge in [0.05, 0.1) is 13.7 Å². The molecule has 90 valence electrons. The molecule has 2 heteroatoms. The zero-order chi connectivity index (χ0) is 12.1. The predicted molar refractivity (Wildman–Crippen MR) is 67.4 cm³/mol. The zero-order valence-electron chi connectivity index (χ0n) is 10.9. The van der Waals surface area contributed by atoms with Crippen LogP contribution in [0.15, 0.2) is 18.2 Å². The molecule has 0 saturated heterocycles. The summed E-state index contributed by atoms with van der Waals surface area (Å²) in [5, 5.41) is 0. The average molecular weight is 222 g/mol. The molecule has 0 aliphatic rings. The van der Waals surface area contributed by atoms with E-state index in [4.69, 9.17) is 9.47 Å². The highest BCUT2D eigenvalue weighted by molar-refractivity contribution is 5.43. The molecule has 0 aliphatic heterocycles. The Balaban J connectivity index is 2.99. The smallest absolute Gasteiger partial charge is 0.161 e. The quantitative estimate of drug-likeness (QED) is 0.753. The lowest BCUT2D eigenvalue weighted by atomic mass is 9.90. The Bertz CT molecular complexity index is 332. The van der Waals surface area contributed by atoms with E-state index in [0.29, 0.717) is 18.4 Å². The van der Waals surface area contributed by atoms with E-state index in [2.05, 4.69) is 32.9 Å². The van der Waals surface area contributed by atoms with Crippen LogP contribution in [0.3, 0.4) is 0 Å². The molecule has 0 aromatic heterocycles. The van der Waals surface area contributed by atoms with E-state index in [1.54, 1.807) is 7.11 Å². The Morgan fingerprint density at radius 2 is 1.81 bits per heavy atom. The molecule has 0 bridgehead atoms. The zero-order valence-corrected chi connectivity index (χ0v) is 10.9. The molecule has 2 nitrogen and oxygen atoms in total. The average Bonchev–Trinajstić information content (AvgIpc) is 2.29. The van der Waals surface area contributed by atoms with Crippen LogP contribution < -0.4 is 9.47 Å². The summed E-state index contributed by atoms with van der Waals surface area (Å²) in [6, 6.07) is 6.20. The topological polar surface area (TPSA) is 18.5 Å². The van der Waals surface area contributed by atoms with Gasteiger partial charge in [-0.3, -0.25) is 0 Å². The lowest BCUT2D eigenvalue weighted by Gasteiger charge is -2.18. The molecule has 0 aliphatic carbocycles. The molecule has 0 N–H and O–H groups in total. The first-order valence-electron chi connectivity index (χ1n) is 5.90. The lowest BCUT2D eigenvalue weighted by molar-refractivity contribution is 0.310. The van der Waals surface area contributed by atoms with Crippen molar-refractivity contribution < 1.29 is 9.47 Å². The second-order valence-electron chi connectivity index (χ2n) is 4.38. The van der Waals surface area contributed by atoms with Crippen LogP contribution in [0, 0.1) is 5.92 Å². The fourth-order valence-corrected chi connectivity index (χ4v) is 1.63. The molecular formula is C14H22O2. The number of ether oxygens (including phenoxy) is 2. The van der Waals surface area contributed by atoms with Gasteiger partial charge in [0.25, 0.3) is 0 Å². The highest BCUT2D eigenvalue weighted by Gasteiger charge is 2.13. The Hall–Kier alpha value is -1.18. The number of hydrogen-bond acceptors (Lipinski definition) is 2. The van der Waals surface area contributed by atoms with Crippen molar-refractivity contribution in [3.8, 4) is 11.5 Å². The molecule has 0 saturated carbocycles. The Kier molecular flexibility index (Phi) is 4.66. The van der Waals surface area contributed by atoms with Crippen LogP contribution in [0.5, 0.6) is 11.5 Å². The largest absolute Gasteiger partial charge is 0.493 e. The molecular weight excluding hydrogens is 200 g/mol.